The number of carbonyl (C=O) groups excluding carboxylic acids is 3. The van der Waals surface area contributed by atoms with Gasteiger partial charge >= 0.3 is 5.97 Å². The number of hydrogen-bond acceptors (Lipinski definition) is 6. The second-order valence-electron chi connectivity index (χ2n) is 6.78. The molecule has 0 aliphatic rings. The number of ketones is 1. The van der Waals surface area contributed by atoms with Gasteiger partial charge in [0.15, 0.2) is 30.0 Å². The van der Waals surface area contributed by atoms with Crippen molar-refractivity contribution in [3.05, 3.63) is 23.8 Å². The van der Waals surface area contributed by atoms with Crippen molar-refractivity contribution >= 4 is 17.7 Å². The van der Waals surface area contributed by atoms with E-state index in [9.17, 15) is 14.4 Å². The summed E-state index contributed by atoms with van der Waals surface area (Å²) in [7, 11) is 1.44. The summed E-state index contributed by atoms with van der Waals surface area (Å²) in [5.41, 5.74) is 0.475. The minimum atomic E-state index is -0.909. The van der Waals surface area contributed by atoms with Gasteiger partial charge in [-0.25, -0.2) is 4.79 Å². The summed E-state index contributed by atoms with van der Waals surface area (Å²) in [5.74, 6) is -0.376. The fraction of sp³-hybridized carbons (Fsp3) is 0.550. The second kappa shape index (κ2) is 9.94. The van der Waals surface area contributed by atoms with Crippen LogP contribution in [0.5, 0.6) is 11.5 Å². The lowest BCUT2D eigenvalue weighted by Crippen LogP contribution is -2.47. The monoisotopic (exact) mass is 379 g/mol. The van der Waals surface area contributed by atoms with Crippen LogP contribution in [0.25, 0.3) is 0 Å². The quantitative estimate of drug-likeness (QED) is 0.485. The Morgan fingerprint density at radius 1 is 1.00 bits per heavy atom. The fourth-order valence-electron chi connectivity index (χ4n) is 2.74. The maximum atomic E-state index is 12.5. The summed E-state index contributed by atoms with van der Waals surface area (Å²) in [6.07, 6.45) is -0.909. The van der Waals surface area contributed by atoms with E-state index in [1.54, 1.807) is 24.0 Å². The van der Waals surface area contributed by atoms with Gasteiger partial charge < -0.3 is 19.1 Å². The molecule has 1 rings (SSSR count). The van der Waals surface area contributed by atoms with Crippen molar-refractivity contribution in [2.24, 2.45) is 0 Å². The van der Waals surface area contributed by atoms with Crippen LogP contribution in [0.1, 0.15) is 51.9 Å². The SMILES string of the molecule is COc1cc(C(C)=O)ccc1OCC(=O)O[C@H](C)C(=O)N(C(C)C)C(C)C. The number of benzene rings is 1. The Kier molecular flexibility index (Phi) is 8.28. The van der Waals surface area contributed by atoms with Crippen molar-refractivity contribution in [2.75, 3.05) is 13.7 Å². The van der Waals surface area contributed by atoms with Crippen LogP contribution in [0.3, 0.4) is 0 Å². The van der Waals surface area contributed by atoms with Gasteiger partial charge in [0.25, 0.3) is 5.91 Å². The topological polar surface area (TPSA) is 82.1 Å². The number of rotatable bonds is 9. The van der Waals surface area contributed by atoms with E-state index in [0.29, 0.717) is 17.1 Å². The maximum Gasteiger partial charge on any atom is 0.344 e. The molecule has 0 aromatic heterocycles. The fourth-order valence-corrected chi connectivity index (χ4v) is 2.74. The average Bonchev–Trinajstić information content (AvgIpc) is 2.58. The molecule has 0 aliphatic heterocycles. The van der Waals surface area contributed by atoms with E-state index in [1.165, 1.54) is 20.1 Å². The number of esters is 1. The largest absolute Gasteiger partial charge is 0.493 e. The highest BCUT2D eigenvalue weighted by Gasteiger charge is 2.27. The maximum absolute atomic E-state index is 12.5. The van der Waals surface area contributed by atoms with Gasteiger partial charge in [0.1, 0.15) is 0 Å². The summed E-state index contributed by atoms with van der Waals surface area (Å²) in [4.78, 5) is 37.6. The molecule has 0 bridgehead atoms. The molecule has 0 N–H and O–H groups in total. The van der Waals surface area contributed by atoms with Crippen molar-refractivity contribution in [2.45, 2.75) is 59.7 Å². The molecule has 0 aliphatic carbocycles. The Bertz CT molecular complexity index is 675. The number of hydrogen-bond donors (Lipinski definition) is 0. The first-order valence-corrected chi connectivity index (χ1v) is 8.91. The van der Waals surface area contributed by atoms with Crippen LogP contribution < -0.4 is 9.47 Å². The molecular weight excluding hydrogens is 350 g/mol. The van der Waals surface area contributed by atoms with Crippen LogP contribution >= 0.6 is 0 Å². The Balaban J connectivity index is 2.70. The molecule has 1 amide bonds. The molecule has 0 saturated carbocycles. The number of amides is 1. The number of methoxy groups -OCH3 is 1. The zero-order chi connectivity index (χ0) is 20.7. The molecule has 7 heteroatoms. The van der Waals surface area contributed by atoms with Crippen molar-refractivity contribution in [3.8, 4) is 11.5 Å². The summed E-state index contributed by atoms with van der Waals surface area (Å²) < 4.78 is 15.8. The minimum Gasteiger partial charge on any atom is -0.493 e. The highest BCUT2D eigenvalue weighted by molar-refractivity contribution is 5.94. The molecule has 0 unspecified atom stereocenters. The number of carbonyl (C=O) groups is 3. The Morgan fingerprint density at radius 2 is 1.59 bits per heavy atom. The zero-order valence-corrected chi connectivity index (χ0v) is 17.1. The molecule has 0 fully saturated rings. The highest BCUT2D eigenvalue weighted by Crippen LogP contribution is 2.28. The molecule has 0 spiro atoms. The van der Waals surface area contributed by atoms with Crippen molar-refractivity contribution in [3.63, 3.8) is 0 Å². The molecular formula is C20H29NO6. The van der Waals surface area contributed by atoms with E-state index in [2.05, 4.69) is 0 Å². The van der Waals surface area contributed by atoms with Gasteiger partial charge in [-0.05, 0) is 59.7 Å². The van der Waals surface area contributed by atoms with Gasteiger partial charge in [0.05, 0.1) is 7.11 Å². The number of ether oxygens (including phenoxy) is 3. The minimum absolute atomic E-state index is 0.000969. The normalized spacial score (nSPS) is 11.9. The van der Waals surface area contributed by atoms with Crippen molar-refractivity contribution in [1.82, 2.24) is 4.90 Å². The van der Waals surface area contributed by atoms with Gasteiger partial charge in [-0.2, -0.15) is 0 Å². The molecule has 0 radical (unpaired) electrons. The van der Waals surface area contributed by atoms with E-state index in [0.717, 1.165) is 0 Å². The first kappa shape index (κ1) is 22.5. The average molecular weight is 379 g/mol. The van der Waals surface area contributed by atoms with Gasteiger partial charge in [-0.15, -0.1) is 0 Å². The van der Waals surface area contributed by atoms with E-state index in [4.69, 9.17) is 14.2 Å². The molecule has 0 heterocycles. The summed E-state index contributed by atoms with van der Waals surface area (Å²) >= 11 is 0. The van der Waals surface area contributed by atoms with Crippen molar-refractivity contribution in [1.29, 1.82) is 0 Å². The van der Waals surface area contributed by atoms with E-state index < -0.39 is 12.1 Å². The summed E-state index contributed by atoms with van der Waals surface area (Å²) in [6, 6.07) is 4.67. The molecule has 27 heavy (non-hydrogen) atoms. The predicted octanol–water partition coefficient (Wildman–Crippen LogP) is 2.85. The van der Waals surface area contributed by atoms with Crippen LogP contribution in [0.2, 0.25) is 0 Å². The Morgan fingerprint density at radius 3 is 2.07 bits per heavy atom. The van der Waals surface area contributed by atoms with Gasteiger partial charge in [0, 0.05) is 17.6 Å². The van der Waals surface area contributed by atoms with E-state index in [-0.39, 0.29) is 30.4 Å². The Hall–Kier alpha value is -2.57. The standard InChI is InChI=1S/C20H29NO6/c1-12(2)21(13(3)4)20(24)15(6)27-19(23)11-26-17-9-8-16(14(5)22)10-18(17)25-7/h8-10,12-13,15H,11H2,1-7H3/t15-/m1/s1. The van der Waals surface area contributed by atoms with Crippen molar-refractivity contribution < 1.29 is 28.6 Å². The van der Waals surface area contributed by atoms with Crippen LogP contribution in [0.4, 0.5) is 0 Å². The number of nitrogens with zero attached hydrogens (tertiary/aromatic N) is 1. The molecule has 7 nitrogen and oxygen atoms in total. The summed E-state index contributed by atoms with van der Waals surface area (Å²) in [6.45, 7) is 10.2. The third-order valence-corrected chi connectivity index (χ3v) is 3.94. The smallest absolute Gasteiger partial charge is 0.344 e. The van der Waals surface area contributed by atoms with E-state index >= 15 is 0 Å². The molecule has 1 atom stereocenters. The van der Waals surface area contributed by atoms with Crippen LogP contribution in [0.15, 0.2) is 18.2 Å². The summed E-state index contributed by atoms with van der Waals surface area (Å²) in [5, 5.41) is 0. The number of Topliss-reactive ketones (excluding diaryl/α,β-unsaturated/α-hetero) is 1. The molecule has 1 aromatic carbocycles. The van der Waals surface area contributed by atoms with Crippen LogP contribution in [-0.4, -0.2) is 54.5 Å². The first-order valence-electron chi connectivity index (χ1n) is 8.91. The molecule has 0 saturated heterocycles. The van der Waals surface area contributed by atoms with Gasteiger partial charge in [-0.3, -0.25) is 9.59 Å². The zero-order valence-electron chi connectivity index (χ0n) is 17.1. The Labute approximate surface area is 160 Å². The van der Waals surface area contributed by atoms with Crippen LogP contribution in [0, 0.1) is 0 Å². The second-order valence-corrected chi connectivity index (χ2v) is 6.78. The van der Waals surface area contributed by atoms with Gasteiger partial charge in [-0.1, -0.05) is 0 Å². The lowest BCUT2D eigenvalue weighted by atomic mass is 10.1. The third-order valence-electron chi connectivity index (χ3n) is 3.94. The lowest BCUT2D eigenvalue weighted by molar-refractivity contribution is -0.162. The lowest BCUT2D eigenvalue weighted by Gasteiger charge is -2.32. The van der Waals surface area contributed by atoms with Gasteiger partial charge in [0.2, 0.25) is 0 Å². The van der Waals surface area contributed by atoms with E-state index in [1.807, 2.05) is 27.7 Å². The first-order chi connectivity index (χ1) is 12.6. The van der Waals surface area contributed by atoms with Crippen LogP contribution in [-0.2, 0) is 14.3 Å². The predicted molar refractivity (Wildman–Crippen MR) is 101 cm³/mol. The molecule has 1 aromatic rings. The highest BCUT2D eigenvalue weighted by atomic mass is 16.6. The third kappa shape index (κ3) is 6.27. The molecule has 150 valence electrons.